The first-order chi connectivity index (χ1) is 6.81. The van der Waals surface area contributed by atoms with Crippen LogP contribution in [0.3, 0.4) is 0 Å². The molecule has 1 atom stereocenters. The van der Waals surface area contributed by atoms with E-state index in [9.17, 15) is 9.50 Å². The van der Waals surface area contributed by atoms with Gasteiger partial charge in [0.05, 0.1) is 11.5 Å². The molecule has 2 nitrogen and oxygen atoms in total. The van der Waals surface area contributed by atoms with Gasteiger partial charge in [-0.2, -0.15) is 5.26 Å². The van der Waals surface area contributed by atoms with E-state index < -0.39 is 11.0 Å². The van der Waals surface area contributed by atoms with E-state index >= 15 is 0 Å². The van der Waals surface area contributed by atoms with E-state index in [1.54, 1.807) is 20.8 Å². The summed E-state index contributed by atoms with van der Waals surface area (Å²) in [5.41, 5.74) is -1.68. The molecule has 0 heterocycles. The van der Waals surface area contributed by atoms with Crippen LogP contribution in [-0.2, 0) is 5.60 Å². The standard InChI is InChI=1S/C12H14FNO/c1-11(2,8-14)12(3,15)9-4-6-10(13)7-5-9/h4-7,15H,1-3H3. The van der Waals surface area contributed by atoms with E-state index in [1.165, 1.54) is 24.3 Å². The number of halogens is 1. The predicted octanol–water partition coefficient (Wildman–Crippen LogP) is 2.58. The zero-order chi connectivity index (χ0) is 11.7. The van der Waals surface area contributed by atoms with Gasteiger partial charge in [-0.05, 0) is 38.5 Å². The van der Waals surface area contributed by atoms with Crippen molar-refractivity contribution in [3.05, 3.63) is 35.6 Å². The molecule has 80 valence electrons. The first kappa shape index (κ1) is 11.7. The molecule has 1 aromatic rings. The Labute approximate surface area is 89.0 Å². The lowest BCUT2D eigenvalue weighted by Crippen LogP contribution is -2.38. The van der Waals surface area contributed by atoms with Gasteiger partial charge >= 0.3 is 0 Å². The second-order valence-electron chi connectivity index (χ2n) is 4.32. The highest BCUT2D eigenvalue weighted by Crippen LogP contribution is 2.38. The van der Waals surface area contributed by atoms with Gasteiger partial charge in [0.2, 0.25) is 0 Å². The molecule has 0 saturated carbocycles. The topological polar surface area (TPSA) is 44.0 Å². The smallest absolute Gasteiger partial charge is 0.123 e. The minimum atomic E-state index is -1.30. The molecule has 15 heavy (non-hydrogen) atoms. The summed E-state index contributed by atoms with van der Waals surface area (Å²) in [4.78, 5) is 0. The van der Waals surface area contributed by atoms with Crippen LogP contribution in [0.1, 0.15) is 26.3 Å². The van der Waals surface area contributed by atoms with Gasteiger partial charge in [0.25, 0.3) is 0 Å². The number of aliphatic hydroxyl groups is 1. The van der Waals surface area contributed by atoms with Crippen LogP contribution in [0, 0.1) is 22.6 Å². The first-order valence-electron chi connectivity index (χ1n) is 4.71. The fourth-order valence-corrected chi connectivity index (χ4v) is 1.24. The molecule has 0 aliphatic heterocycles. The van der Waals surface area contributed by atoms with E-state index in [0.717, 1.165) is 0 Å². The summed E-state index contributed by atoms with van der Waals surface area (Å²) >= 11 is 0. The van der Waals surface area contributed by atoms with E-state index in [1.807, 2.05) is 0 Å². The number of hydrogen-bond acceptors (Lipinski definition) is 2. The van der Waals surface area contributed by atoms with E-state index in [2.05, 4.69) is 6.07 Å². The molecule has 0 aromatic heterocycles. The van der Waals surface area contributed by atoms with Gasteiger partial charge < -0.3 is 5.11 Å². The van der Waals surface area contributed by atoms with Gasteiger partial charge in [-0.25, -0.2) is 4.39 Å². The lowest BCUT2D eigenvalue weighted by molar-refractivity contribution is -0.0267. The van der Waals surface area contributed by atoms with Crippen molar-refractivity contribution in [3.8, 4) is 6.07 Å². The molecule has 1 rings (SSSR count). The SMILES string of the molecule is CC(C)(C#N)C(C)(O)c1ccc(F)cc1. The quantitative estimate of drug-likeness (QED) is 0.810. The molecule has 3 heteroatoms. The van der Waals surface area contributed by atoms with Gasteiger partial charge in [0.15, 0.2) is 0 Å². The van der Waals surface area contributed by atoms with Gasteiger partial charge in [-0.15, -0.1) is 0 Å². The van der Waals surface area contributed by atoms with Gasteiger partial charge in [0.1, 0.15) is 11.4 Å². The Hall–Kier alpha value is -1.40. The Morgan fingerprint density at radius 2 is 1.67 bits per heavy atom. The second kappa shape index (κ2) is 3.63. The number of benzene rings is 1. The lowest BCUT2D eigenvalue weighted by Gasteiger charge is -2.34. The van der Waals surface area contributed by atoms with Crippen LogP contribution in [-0.4, -0.2) is 5.11 Å². The normalized spacial score (nSPS) is 15.5. The van der Waals surface area contributed by atoms with Crippen LogP contribution in [0.15, 0.2) is 24.3 Å². The minimum Gasteiger partial charge on any atom is -0.384 e. The highest BCUT2D eigenvalue weighted by Gasteiger charge is 2.41. The first-order valence-corrected chi connectivity index (χ1v) is 4.71. The largest absolute Gasteiger partial charge is 0.384 e. The maximum Gasteiger partial charge on any atom is 0.123 e. The van der Waals surface area contributed by atoms with E-state index in [-0.39, 0.29) is 5.82 Å². The summed E-state index contributed by atoms with van der Waals surface area (Å²) in [6.07, 6.45) is 0. The van der Waals surface area contributed by atoms with E-state index in [4.69, 9.17) is 5.26 Å². The van der Waals surface area contributed by atoms with E-state index in [0.29, 0.717) is 5.56 Å². The van der Waals surface area contributed by atoms with Gasteiger partial charge in [-0.3, -0.25) is 0 Å². The maximum atomic E-state index is 12.7. The average Bonchev–Trinajstić information content (AvgIpc) is 2.18. The molecule has 0 radical (unpaired) electrons. The van der Waals surface area contributed by atoms with Crippen molar-refractivity contribution in [2.24, 2.45) is 5.41 Å². The number of nitrogens with zero attached hydrogens (tertiary/aromatic N) is 1. The summed E-state index contributed by atoms with van der Waals surface area (Å²) < 4.78 is 12.7. The number of rotatable bonds is 2. The fourth-order valence-electron chi connectivity index (χ4n) is 1.24. The Morgan fingerprint density at radius 3 is 2.07 bits per heavy atom. The monoisotopic (exact) mass is 207 g/mol. The highest BCUT2D eigenvalue weighted by molar-refractivity contribution is 5.27. The van der Waals surface area contributed by atoms with Gasteiger partial charge in [-0.1, -0.05) is 12.1 Å². The Kier molecular flexibility index (Phi) is 2.83. The molecule has 1 N–H and O–H groups in total. The maximum absolute atomic E-state index is 12.7. The van der Waals surface area contributed by atoms with Crippen LogP contribution < -0.4 is 0 Å². The van der Waals surface area contributed by atoms with Gasteiger partial charge in [0, 0.05) is 0 Å². The second-order valence-corrected chi connectivity index (χ2v) is 4.32. The zero-order valence-corrected chi connectivity index (χ0v) is 9.08. The Bertz CT molecular complexity index is 387. The van der Waals surface area contributed by atoms with Crippen molar-refractivity contribution in [1.29, 1.82) is 5.26 Å². The summed E-state index contributed by atoms with van der Waals surface area (Å²) in [6, 6.07) is 7.59. The van der Waals surface area contributed by atoms with Crippen molar-refractivity contribution >= 4 is 0 Å². The molecule has 0 amide bonds. The van der Waals surface area contributed by atoms with Crippen molar-refractivity contribution in [1.82, 2.24) is 0 Å². The van der Waals surface area contributed by atoms with Crippen LogP contribution in [0.5, 0.6) is 0 Å². The fraction of sp³-hybridized carbons (Fsp3) is 0.417. The molecule has 1 aromatic carbocycles. The summed E-state index contributed by atoms with van der Waals surface area (Å²) in [5, 5.41) is 19.2. The Morgan fingerprint density at radius 1 is 1.20 bits per heavy atom. The van der Waals surface area contributed by atoms with Crippen molar-refractivity contribution in [2.45, 2.75) is 26.4 Å². The molecule has 0 aliphatic rings. The van der Waals surface area contributed by atoms with Crippen LogP contribution in [0.25, 0.3) is 0 Å². The average molecular weight is 207 g/mol. The summed E-state index contributed by atoms with van der Waals surface area (Å²) in [6.45, 7) is 4.86. The van der Waals surface area contributed by atoms with Crippen LogP contribution in [0.4, 0.5) is 4.39 Å². The molecule has 0 fully saturated rings. The van der Waals surface area contributed by atoms with Crippen molar-refractivity contribution in [2.75, 3.05) is 0 Å². The predicted molar refractivity (Wildman–Crippen MR) is 55.4 cm³/mol. The third kappa shape index (κ3) is 2.00. The van der Waals surface area contributed by atoms with Crippen LogP contribution in [0.2, 0.25) is 0 Å². The number of hydrogen-bond donors (Lipinski definition) is 1. The zero-order valence-electron chi connectivity index (χ0n) is 9.08. The molecule has 0 spiro atoms. The van der Waals surface area contributed by atoms with Crippen LogP contribution >= 0.6 is 0 Å². The Balaban J connectivity index is 3.18. The summed E-state index contributed by atoms with van der Waals surface area (Å²) in [7, 11) is 0. The molecule has 0 bridgehead atoms. The lowest BCUT2D eigenvalue weighted by atomic mass is 9.73. The molecule has 0 aliphatic carbocycles. The molecule has 0 saturated heterocycles. The molecule has 1 unspecified atom stereocenters. The third-order valence-corrected chi connectivity index (χ3v) is 2.90. The summed E-state index contributed by atoms with van der Waals surface area (Å²) in [5.74, 6) is -0.357. The molecular weight excluding hydrogens is 193 g/mol. The minimum absolute atomic E-state index is 0.357. The third-order valence-electron chi connectivity index (χ3n) is 2.90. The molecular formula is C12H14FNO. The van der Waals surface area contributed by atoms with Crippen molar-refractivity contribution in [3.63, 3.8) is 0 Å². The highest BCUT2D eigenvalue weighted by atomic mass is 19.1. The van der Waals surface area contributed by atoms with Crippen molar-refractivity contribution < 1.29 is 9.50 Å². The number of nitriles is 1.